The fraction of sp³-hybridized carbons (Fsp3) is 1.00. The summed E-state index contributed by atoms with van der Waals surface area (Å²) < 4.78 is 45.3. The van der Waals surface area contributed by atoms with Crippen molar-refractivity contribution in [1.82, 2.24) is 0 Å². The molecule has 1 heterocycles. The number of rotatable bonds is 6. The van der Waals surface area contributed by atoms with Crippen molar-refractivity contribution < 1.29 is 27.2 Å². The summed E-state index contributed by atoms with van der Waals surface area (Å²) in [6.07, 6.45) is 0.163. The van der Waals surface area contributed by atoms with Gasteiger partial charge in [0.1, 0.15) is 6.10 Å². The van der Waals surface area contributed by atoms with Crippen LogP contribution in [0.5, 0.6) is 0 Å². The lowest BCUT2D eigenvalue weighted by molar-refractivity contribution is -0.145. The highest BCUT2D eigenvalue weighted by molar-refractivity contribution is 7.85. The average molecular weight is 254 g/mol. The normalized spacial score (nSPS) is 24.8. The van der Waals surface area contributed by atoms with Gasteiger partial charge in [-0.1, -0.05) is 0 Å². The molecule has 1 aliphatic heterocycles. The second kappa shape index (κ2) is 5.42. The molecule has 1 fully saturated rings. The van der Waals surface area contributed by atoms with Crippen molar-refractivity contribution in [2.75, 3.05) is 25.6 Å². The van der Waals surface area contributed by atoms with Crippen LogP contribution in [-0.2, 0) is 24.3 Å². The van der Waals surface area contributed by atoms with Crippen molar-refractivity contribution in [3.8, 4) is 0 Å². The van der Waals surface area contributed by atoms with Crippen LogP contribution in [0.2, 0.25) is 0 Å². The van der Waals surface area contributed by atoms with Crippen molar-refractivity contribution in [3.63, 3.8) is 0 Å². The predicted molar refractivity (Wildman–Crippen MR) is 56.8 cm³/mol. The molecule has 1 aliphatic rings. The quantitative estimate of drug-likeness (QED) is 0.547. The first-order valence-corrected chi connectivity index (χ1v) is 6.74. The second-order valence-corrected chi connectivity index (χ2v) is 5.74. The minimum absolute atomic E-state index is 0.110. The third-order valence-electron chi connectivity index (χ3n) is 2.06. The summed E-state index contributed by atoms with van der Waals surface area (Å²) in [7, 11) is -3.88. The van der Waals surface area contributed by atoms with Crippen LogP contribution in [0.3, 0.4) is 0 Å². The van der Waals surface area contributed by atoms with Crippen molar-refractivity contribution >= 4 is 10.1 Å². The Labute approximate surface area is 95.6 Å². The minimum atomic E-state index is -3.88. The molecule has 0 bridgehead atoms. The Morgan fingerprint density at radius 2 is 2.19 bits per heavy atom. The van der Waals surface area contributed by atoms with Gasteiger partial charge in [0, 0.05) is 6.61 Å². The zero-order chi connectivity index (χ0) is 12.2. The lowest BCUT2D eigenvalue weighted by Gasteiger charge is -2.16. The van der Waals surface area contributed by atoms with E-state index in [1.165, 1.54) is 0 Å². The molecule has 1 unspecified atom stereocenters. The molecule has 0 amide bonds. The monoisotopic (exact) mass is 254 g/mol. The summed E-state index contributed by atoms with van der Waals surface area (Å²) >= 11 is 0. The molecular formula is C9H18O6S. The Bertz CT molecular complexity index is 310. The van der Waals surface area contributed by atoms with Gasteiger partial charge in [-0.2, -0.15) is 8.42 Å². The van der Waals surface area contributed by atoms with Crippen molar-refractivity contribution in [2.45, 2.75) is 32.2 Å². The molecule has 0 aromatic rings. The molecule has 1 atom stereocenters. The maximum Gasteiger partial charge on any atom is 0.264 e. The lowest BCUT2D eigenvalue weighted by Crippen LogP contribution is -2.24. The van der Waals surface area contributed by atoms with Gasteiger partial charge in [-0.25, -0.2) is 0 Å². The van der Waals surface area contributed by atoms with Crippen LogP contribution in [0.25, 0.3) is 0 Å². The summed E-state index contributed by atoms with van der Waals surface area (Å²) in [5, 5.41) is 0. The van der Waals surface area contributed by atoms with Crippen LogP contribution in [-0.4, -0.2) is 50.4 Å². The molecule has 1 N–H and O–H groups in total. The van der Waals surface area contributed by atoms with Gasteiger partial charge in [0.25, 0.3) is 10.1 Å². The Morgan fingerprint density at radius 3 is 2.69 bits per heavy atom. The predicted octanol–water partition coefficient (Wildman–Crippen LogP) is 0.432. The average Bonchev–Trinajstić information content (AvgIpc) is 2.43. The molecule has 0 aromatic heterocycles. The summed E-state index contributed by atoms with van der Waals surface area (Å²) in [5.41, 5.74) is 0. The van der Waals surface area contributed by atoms with Gasteiger partial charge >= 0.3 is 0 Å². The lowest BCUT2D eigenvalue weighted by atomic mass is 10.4. The first kappa shape index (κ1) is 13.9. The van der Waals surface area contributed by atoms with E-state index < -0.39 is 15.9 Å². The van der Waals surface area contributed by atoms with Gasteiger partial charge in [0.2, 0.25) is 0 Å². The molecule has 0 aliphatic carbocycles. The maximum atomic E-state index is 10.4. The Morgan fingerprint density at radius 1 is 1.50 bits per heavy atom. The molecule has 0 radical (unpaired) electrons. The first-order chi connectivity index (χ1) is 7.29. The third-order valence-corrected chi connectivity index (χ3v) is 2.87. The van der Waals surface area contributed by atoms with Crippen LogP contribution in [0.15, 0.2) is 0 Å². The molecule has 7 heteroatoms. The van der Waals surface area contributed by atoms with E-state index in [1.54, 1.807) is 0 Å². The zero-order valence-electron chi connectivity index (χ0n) is 9.51. The Kier molecular flexibility index (Phi) is 4.69. The molecule has 96 valence electrons. The van der Waals surface area contributed by atoms with E-state index in [1.807, 2.05) is 13.8 Å². The van der Waals surface area contributed by atoms with Gasteiger partial charge < -0.3 is 14.2 Å². The smallest absolute Gasteiger partial charge is 0.264 e. The van der Waals surface area contributed by atoms with Gasteiger partial charge in [-0.05, 0) is 20.3 Å². The molecule has 0 aromatic carbocycles. The van der Waals surface area contributed by atoms with E-state index in [2.05, 4.69) is 0 Å². The first-order valence-electron chi connectivity index (χ1n) is 5.13. The van der Waals surface area contributed by atoms with Crippen LogP contribution in [0.4, 0.5) is 0 Å². The maximum absolute atomic E-state index is 10.4. The van der Waals surface area contributed by atoms with Crippen LogP contribution < -0.4 is 0 Å². The highest BCUT2D eigenvalue weighted by atomic mass is 32.2. The van der Waals surface area contributed by atoms with E-state index >= 15 is 0 Å². The molecule has 1 saturated heterocycles. The molecular weight excluding hydrogens is 236 g/mol. The van der Waals surface area contributed by atoms with Gasteiger partial charge in [-0.15, -0.1) is 0 Å². The SMILES string of the molecule is CC1(C)OCC(COCCCS(=O)(=O)O)O1. The van der Waals surface area contributed by atoms with E-state index in [4.69, 9.17) is 18.8 Å². The number of hydrogen-bond donors (Lipinski definition) is 1. The zero-order valence-corrected chi connectivity index (χ0v) is 10.3. The Hall–Kier alpha value is -0.210. The molecule has 1 rings (SSSR count). The molecule has 16 heavy (non-hydrogen) atoms. The van der Waals surface area contributed by atoms with Crippen LogP contribution in [0, 0.1) is 0 Å². The van der Waals surface area contributed by atoms with Crippen molar-refractivity contribution in [1.29, 1.82) is 0 Å². The summed E-state index contributed by atoms with van der Waals surface area (Å²) in [5.74, 6) is -0.844. The van der Waals surface area contributed by atoms with Gasteiger partial charge in [0.05, 0.1) is 19.0 Å². The van der Waals surface area contributed by atoms with Crippen LogP contribution >= 0.6 is 0 Å². The van der Waals surface area contributed by atoms with Crippen molar-refractivity contribution in [2.24, 2.45) is 0 Å². The highest BCUT2D eigenvalue weighted by Gasteiger charge is 2.32. The molecule has 0 spiro atoms. The van der Waals surface area contributed by atoms with E-state index in [-0.39, 0.29) is 24.9 Å². The minimum Gasteiger partial charge on any atom is -0.379 e. The summed E-state index contributed by atoms with van der Waals surface area (Å²) in [6.45, 7) is 4.77. The topological polar surface area (TPSA) is 82.1 Å². The molecule has 6 nitrogen and oxygen atoms in total. The van der Waals surface area contributed by atoms with Crippen LogP contribution in [0.1, 0.15) is 20.3 Å². The molecule has 0 saturated carbocycles. The van der Waals surface area contributed by atoms with E-state index in [9.17, 15) is 8.42 Å². The fourth-order valence-electron chi connectivity index (χ4n) is 1.40. The number of hydrogen-bond acceptors (Lipinski definition) is 5. The van der Waals surface area contributed by atoms with Gasteiger partial charge in [0.15, 0.2) is 5.79 Å². The third kappa shape index (κ3) is 5.76. The standard InChI is InChI=1S/C9H18O6S/c1-9(2)14-7-8(15-9)6-13-4-3-5-16(10,11)12/h8H,3-7H2,1-2H3,(H,10,11,12). The van der Waals surface area contributed by atoms with E-state index in [0.717, 1.165) is 0 Å². The largest absolute Gasteiger partial charge is 0.379 e. The van der Waals surface area contributed by atoms with Gasteiger partial charge in [-0.3, -0.25) is 4.55 Å². The summed E-state index contributed by atoms with van der Waals surface area (Å²) in [6, 6.07) is 0. The highest BCUT2D eigenvalue weighted by Crippen LogP contribution is 2.22. The fourth-order valence-corrected chi connectivity index (χ4v) is 1.89. The summed E-state index contributed by atoms with van der Waals surface area (Å²) in [4.78, 5) is 0. The van der Waals surface area contributed by atoms with Crippen molar-refractivity contribution in [3.05, 3.63) is 0 Å². The Balaban J connectivity index is 2.05. The second-order valence-electron chi connectivity index (χ2n) is 4.17. The number of ether oxygens (including phenoxy) is 3. The van der Waals surface area contributed by atoms with E-state index in [0.29, 0.717) is 13.2 Å².